The molecule has 0 heterocycles. The minimum atomic E-state index is -0.963. The summed E-state index contributed by atoms with van der Waals surface area (Å²) in [7, 11) is 1.73. The first-order chi connectivity index (χ1) is 10.2. The van der Waals surface area contributed by atoms with Gasteiger partial charge in [0, 0.05) is 26.8 Å². The monoisotopic (exact) mass is 293 g/mol. The number of aromatic carboxylic acids is 1. The molecule has 1 aromatic rings. The molecule has 2 N–H and O–H groups in total. The van der Waals surface area contributed by atoms with Crippen molar-refractivity contribution in [2.24, 2.45) is 5.41 Å². The van der Waals surface area contributed by atoms with Crippen LogP contribution in [0.2, 0.25) is 0 Å². The first-order valence-electron chi connectivity index (χ1n) is 7.32. The maximum Gasteiger partial charge on any atom is 0.339 e. The lowest BCUT2D eigenvalue weighted by Gasteiger charge is -2.16. The summed E-state index contributed by atoms with van der Waals surface area (Å²) in [5, 5.41) is 12.4. The van der Waals surface area contributed by atoms with Gasteiger partial charge in [-0.1, -0.05) is 12.1 Å². The molecule has 116 valence electrons. The number of nitrogens with one attached hydrogen (secondary N) is 1. The van der Waals surface area contributed by atoms with Crippen molar-refractivity contribution in [1.29, 1.82) is 0 Å². The maximum absolute atomic E-state index is 11.0. The van der Waals surface area contributed by atoms with Crippen LogP contribution in [-0.2, 0) is 4.74 Å². The molecule has 1 saturated carbocycles. The number of methoxy groups -OCH3 is 1. The molecule has 21 heavy (non-hydrogen) atoms. The number of hydrogen-bond acceptors (Lipinski definition) is 4. The van der Waals surface area contributed by atoms with Crippen LogP contribution in [0.1, 0.15) is 29.6 Å². The van der Waals surface area contributed by atoms with E-state index in [2.05, 4.69) is 5.32 Å². The van der Waals surface area contributed by atoms with Gasteiger partial charge in [0.05, 0.1) is 0 Å². The molecule has 0 aromatic heterocycles. The third kappa shape index (κ3) is 4.72. The number of para-hydroxylation sites is 1. The molecule has 1 aromatic carbocycles. The average Bonchev–Trinajstić information content (AvgIpc) is 3.25. The minimum Gasteiger partial charge on any atom is -0.491 e. The average molecular weight is 293 g/mol. The molecule has 0 radical (unpaired) electrons. The van der Waals surface area contributed by atoms with Crippen molar-refractivity contribution >= 4 is 5.97 Å². The van der Waals surface area contributed by atoms with E-state index in [0.29, 0.717) is 24.3 Å². The lowest BCUT2D eigenvalue weighted by Crippen LogP contribution is -2.28. The van der Waals surface area contributed by atoms with Gasteiger partial charge in [0.15, 0.2) is 0 Å². The second kappa shape index (κ2) is 7.43. The van der Waals surface area contributed by atoms with Gasteiger partial charge in [-0.3, -0.25) is 0 Å². The van der Waals surface area contributed by atoms with E-state index in [1.54, 1.807) is 31.4 Å². The van der Waals surface area contributed by atoms with Crippen LogP contribution in [0, 0.1) is 5.41 Å². The molecule has 0 atom stereocenters. The van der Waals surface area contributed by atoms with Crippen molar-refractivity contribution in [2.75, 3.05) is 33.4 Å². The van der Waals surface area contributed by atoms with E-state index in [0.717, 1.165) is 19.6 Å². The number of carboxylic acids is 1. The van der Waals surface area contributed by atoms with Crippen LogP contribution in [0.25, 0.3) is 0 Å². The van der Waals surface area contributed by atoms with Crippen LogP contribution in [0.5, 0.6) is 5.75 Å². The standard InChI is InChI=1S/C16H23NO4/c1-20-10-8-16(6-7-16)12-17-9-11-21-14-5-3-2-4-13(14)15(18)19/h2-5,17H,6-12H2,1H3,(H,18,19). The summed E-state index contributed by atoms with van der Waals surface area (Å²) in [6.07, 6.45) is 3.61. The summed E-state index contributed by atoms with van der Waals surface area (Å²) in [5.41, 5.74) is 0.617. The van der Waals surface area contributed by atoms with Crippen LogP contribution < -0.4 is 10.1 Å². The van der Waals surface area contributed by atoms with Gasteiger partial charge in [-0.05, 0) is 36.8 Å². The quantitative estimate of drug-likeness (QED) is 0.647. The minimum absolute atomic E-state index is 0.205. The molecule has 1 aliphatic rings. The Morgan fingerprint density at radius 2 is 2.10 bits per heavy atom. The molecular weight excluding hydrogens is 270 g/mol. The zero-order chi connectivity index (χ0) is 15.1. The summed E-state index contributed by atoms with van der Waals surface area (Å²) in [5.74, 6) is -0.539. The Hall–Kier alpha value is -1.59. The number of carboxylic acid groups (broad SMARTS) is 1. The number of ether oxygens (including phenoxy) is 2. The molecule has 5 nitrogen and oxygen atoms in total. The van der Waals surface area contributed by atoms with Crippen molar-refractivity contribution in [3.63, 3.8) is 0 Å². The third-order valence-electron chi connectivity index (χ3n) is 3.95. The normalized spacial score (nSPS) is 15.7. The number of rotatable bonds is 10. The largest absolute Gasteiger partial charge is 0.491 e. The number of carbonyl (C=O) groups is 1. The molecule has 0 spiro atoms. The van der Waals surface area contributed by atoms with E-state index in [9.17, 15) is 4.79 Å². The van der Waals surface area contributed by atoms with Gasteiger partial charge in [-0.15, -0.1) is 0 Å². The summed E-state index contributed by atoms with van der Waals surface area (Å²) in [4.78, 5) is 11.0. The second-order valence-corrected chi connectivity index (χ2v) is 5.57. The highest BCUT2D eigenvalue weighted by Crippen LogP contribution is 2.48. The third-order valence-corrected chi connectivity index (χ3v) is 3.95. The van der Waals surface area contributed by atoms with Crippen LogP contribution in [-0.4, -0.2) is 44.5 Å². The van der Waals surface area contributed by atoms with E-state index in [4.69, 9.17) is 14.6 Å². The molecule has 5 heteroatoms. The molecule has 1 aliphatic carbocycles. The molecule has 1 fully saturated rings. The van der Waals surface area contributed by atoms with Crippen molar-refractivity contribution in [1.82, 2.24) is 5.32 Å². The van der Waals surface area contributed by atoms with Crippen LogP contribution in [0.3, 0.4) is 0 Å². The van der Waals surface area contributed by atoms with Gasteiger partial charge in [-0.2, -0.15) is 0 Å². The highest BCUT2D eigenvalue weighted by molar-refractivity contribution is 5.90. The Bertz CT molecular complexity index is 471. The van der Waals surface area contributed by atoms with Gasteiger partial charge in [0.2, 0.25) is 0 Å². The molecule has 0 unspecified atom stereocenters. The summed E-state index contributed by atoms with van der Waals surface area (Å²) in [6.45, 7) is 2.96. The fraction of sp³-hybridized carbons (Fsp3) is 0.562. The Kier molecular flexibility index (Phi) is 5.59. The summed E-state index contributed by atoms with van der Waals surface area (Å²) < 4.78 is 10.7. The molecule has 0 saturated heterocycles. The fourth-order valence-electron chi connectivity index (χ4n) is 2.37. The van der Waals surface area contributed by atoms with Crippen molar-refractivity contribution in [3.05, 3.63) is 29.8 Å². The van der Waals surface area contributed by atoms with Gasteiger partial charge >= 0.3 is 5.97 Å². The van der Waals surface area contributed by atoms with Crippen molar-refractivity contribution in [3.8, 4) is 5.75 Å². The van der Waals surface area contributed by atoms with Crippen molar-refractivity contribution in [2.45, 2.75) is 19.3 Å². The van der Waals surface area contributed by atoms with Crippen LogP contribution in [0.4, 0.5) is 0 Å². The van der Waals surface area contributed by atoms with Gasteiger partial charge in [0.25, 0.3) is 0 Å². The zero-order valence-electron chi connectivity index (χ0n) is 12.4. The molecule has 0 aliphatic heterocycles. The SMILES string of the molecule is COCCC1(CNCCOc2ccccc2C(=O)O)CC1. The molecular formula is C16H23NO4. The number of hydrogen-bond donors (Lipinski definition) is 2. The van der Waals surface area contributed by atoms with E-state index in [1.807, 2.05) is 0 Å². The molecule has 2 rings (SSSR count). The smallest absolute Gasteiger partial charge is 0.339 e. The van der Waals surface area contributed by atoms with Crippen molar-refractivity contribution < 1.29 is 19.4 Å². The first-order valence-corrected chi connectivity index (χ1v) is 7.32. The maximum atomic E-state index is 11.0. The first kappa shape index (κ1) is 15.8. The Labute approximate surface area is 125 Å². The number of benzene rings is 1. The molecule has 0 bridgehead atoms. The lowest BCUT2D eigenvalue weighted by molar-refractivity contribution is 0.0692. The highest BCUT2D eigenvalue weighted by Gasteiger charge is 2.41. The van der Waals surface area contributed by atoms with Gasteiger partial charge in [0.1, 0.15) is 17.9 Å². The molecule has 0 amide bonds. The predicted molar refractivity (Wildman–Crippen MR) is 79.9 cm³/mol. The fourth-order valence-corrected chi connectivity index (χ4v) is 2.37. The predicted octanol–water partition coefficient (Wildman–Crippen LogP) is 2.17. The van der Waals surface area contributed by atoms with Gasteiger partial charge < -0.3 is 19.9 Å². The van der Waals surface area contributed by atoms with Crippen LogP contribution in [0.15, 0.2) is 24.3 Å². The zero-order valence-corrected chi connectivity index (χ0v) is 12.4. The Morgan fingerprint density at radius 1 is 1.33 bits per heavy atom. The Morgan fingerprint density at radius 3 is 2.76 bits per heavy atom. The Balaban J connectivity index is 1.67. The van der Waals surface area contributed by atoms with Crippen LogP contribution >= 0.6 is 0 Å². The lowest BCUT2D eigenvalue weighted by atomic mass is 10.0. The topological polar surface area (TPSA) is 67.8 Å². The van der Waals surface area contributed by atoms with E-state index < -0.39 is 5.97 Å². The van der Waals surface area contributed by atoms with E-state index >= 15 is 0 Å². The summed E-state index contributed by atoms with van der Waals surface area (Å²) >= 11 is 0. The summed E-state index contributed by atoms with van der Waals surface area (Å²) in [6, 6.07) is 6.71. The second-order valence-electron chi connectivity index (χ2n) is 5.57. The van der Waals surface area contributed by atoms with E-state index in [1.165, 1.54) is 12.8 Å². The van der Waals surface area contributed by atoms with E-state index in [-0.39, 0.29) is 5.56 Å². The highest BCUT2D eigenvalue weighted by atomic mass is 16.5. The van der Waals surface area contributed by atoms with Gasteiger partial charge in [-0.25, -0.2) is 4.79 Å².